The van der Waals surface area contributed by atoms with Gasteiger partial charge in [0.05, 0.1) is 22.8 Å². The Morgan fingerprint density at radius 1 is 1.30 bits per heavy atom. The van der Waals surface area contributed by atoms with Crippen molar-refractivity contribution >= 4 is 22.6 Å². The predicted molar refractivity (Wildman–Crippen MR) is 155 cm³/mol. The smallest absolute Gasteiger partial charge is 0.220 e. The largest absolute Gasteiger partial charge is 0.491 e. The lowest BCUT2D eigenvalue weighted by Crippen LogP contribution is -2.27. The van der Waals surface area contributed by atoms with Gasteiger partial charge in [-0.1, -0.05) is 40.7 Å². The molecule has 1 aromatic carbocycles. The van der Waals surface area contributed by atoms with Gasteiger partial charge in [0.25, 0.3) is 0 Å². The van der Waals surface area contributed by atoms with E-state index >= 15 is 0 Å². The van der Waals surface area contributed by atoms with Gasteiger partial charge in [-0.2, -0.15) is 0 Å². The van der Waals surface area contributed by atoms with Gasteiger partial charge in [-0.3, -0.25) is 14.4 Å². The van der Waals surface area contributed by atoms with Crippen molar-refractivity contribution in [2.24, 2.45) is 10.9 Å². The summed E-state index contributed by atoms with van der Waals surface area (Å²) in [6, 6.07) is 6.02. The number of hydrogen-bond donors (Lipinski definition) is 1. The fourth-order valence-corrected chi connectivity index (χ4v) is 4.49. The molecule has 0 aliphatic carbocycles. The zero-order valence-electron chi connectivity index (χ0n) is 23.9. The summed E-state index contributed by atoms with van der Waals surface area (Å²) >= 11 is 0. The number of carbonyl (C=O) groups is 1. The van der Waals surface area contributed by atoms with Crippen LogP contribution >= 0.6 is 0 Å². The fraction of sp³-hybridized carbons (Fsp3) is 0.633. The van der Waals surface area contributed by atoms with Gasteiger partial charge in [0.2, 0.25) is 5.91 Å². The van der Waals surface area contributed by atoms with E-state index in [1.807, 2.05) is 39.0 Å². The molecule has 0 saturated carbocycles. The molecule has 1 amide bonds. The maximum absolute atomic E-state index is 11.8. The Bertz CT molecular complexity index is 1080. The minimum atomic E-state index is 0. The maximum atomic E-state index is 11.8. The highest BCUT2D eigenvalue weighted by atomic mass is 16.5. The lowest BCUT2D eigenvalue weighted by atomic mass is 10.1. The van der Waals surface area contributed by atoms with E-state index in [2.05, 4.69) is 35.3 Å². The SMILES string of the molecule is C=C(C)n1c(=NC)c(CCCCCNC(=O)CC(C)C)nc2cc(OCC3CCCCO3)ccc21.CC.[HH]. The lowest BCUT2D eigenvalue weighted by molar-refractivity contribution is -0.121. The summed E-state index contributed by atoms with van der Waals surface area (Å²) < 4.78 is 13.9. The third-order valence-electron chi connectivity index (χ3n) is 6.22. The first-order valence-corrected chi connectivity index (χ1v) is 14.0. The first kappa shape index (κ1) is 30.6. The molecule has 0 bridgehead atoms. The van der Waals surface area contributed by atoms with E-state index in [-0.39, 0.29) is 13.4 Å². The number of aryl methyl sites for hydroxylation is 1. The van der Waals surface area contributed by atoms with Crippen molar-refractivity contribution in [3.63, 3.8) is 0 Å². The summed E-state index contributed by atoms with van der Waals surface area (Å²) in [5, 5.41) is 3.01. The van der Waals surface area contributed by atoms with Crippen molar-refractivity contribution in [2.75, 3.05) is 26.8 Å². The third kappa shape index (κ3) is 9.62. The normalized spacial score (nSPS) is 15.9. The van der Waals surface area contributed by atoms with Gasteiger partial charge in [0.15, 0.2) is 5.49 Å². The van der Waals surface area contributed by atoms with Crippen molar-refractivity contribution in [3.8, 4) is 5.75 Å². The Morgan fingerprint density at radius 2 is 2.08 bits per heavy atom. The van der Waals surface area contributed by atoms with Crippen LogP contribution in [-0.4, -0.2) is 48.4 Å². The number of ether oxygens (including phenoxy) is 2. The Balaban J connectivity index is 0.00000235. The number of benzene rings is 1. The molecule has 37 heavy (non-hydrogen) atoms. The minimum Gasteiger partial charge on any atom is -0.491 e. The number of nitrogens with zero attached hydrogens (tertiary/aromatic N) is 3. The highest BCUT2D eigenvalue weighted by Crippen LogP contribution is 2.22. The van der Waals surface area contributed by atoms with Crippen LogP contribution in [0.5, 0.6) is 5.75 Å². The second-order valence-electron chi connectivity index (χ2n) is 9.89. The molecular weight excluding hydrogens is 464 g/mol. The monoisotopic (exact) mass is 514 g/mol. The highest BCUT2D eigenvalue weighted by molar-refractivity contribution is 5.79. The maximum Gasteiger partial charge on any atom is 0.220 e. The second kappa shape index (κ2) is 16.2. The molecule has 3 rings (SSSR count). The van der Waals surface area contributed by atoms with Gasteiger partial charge in [0.1, 0.15) is 12.4 Å². The van der Waals surface area contributed by atoms with Crippen LogP contribution in [0.4, 0.5) is 0 Å². The minimum absolute atomic E-state index is 0. The second-order valence-corrected chi connectivity index (χ2v) is 9.89. The van der Waals surface area contributed by atoms with E-state index in [9.17, 15) is 4.79 Å². The summed E-state index contributed by atoms with van der Waals surface area (Å²) in [4.78, 5) is 21.4. The number of hydrogen-bond acceptors (Lipinski definition) is 5. The van der Waals surface area contributed by atoms with Crippen molar-refractivity contribution in [1.82, 2.24) is 14.9 Å². The zero-order chi connectivity index (χ0) is 27.2. The molecule has 0 radical (unpaired) electrons. The number of fused-ring (bicyclic) bond motifs is 1. The summed E-state index contributed by atoms with van der Waals surface area (Å²) in [6.45, 7) is 16.4. The van der Waals surface area contributed by atoms with Crippen LogP contribution in [0.15, 0.2) is 29.8 Å². The number of nitrogens with one attached hydrogen (secondary N) is 1. The standard InChI is InChI=1S/C28H42N4O3.C2H6.H2/c1-20(2)17-27(33)30-15-9-6-7-12-24-28(29-5)32(21(3)4)26-14-13-22(18-25(26)31-24)35-19-23-11-8-10-16-34-23;1-2;/h13-14,18,20,23H,3,6-12,15-17,19H2,1-2,4-5H3,(H,30,33);1-2H3;1H. The van der Waals surface area contributed by atoms with Crippen LogP contribution in [0.25, 0.3) is 16.7 Å². The number of aromatic nitrogens is 2. The Kier molecular flexibility index (Phi) is 13.4. The molecule has 1 fully saturated rings. The van der Waals surface area contributed by atoms with Crippen LogP contribution in [0.2, 0.25) is 0 Å². The van der Waals surface area contributed by atoms with Crippen molar-refractivity contribution in [1.29, 1.82) is 0 Å². The average Bonchev–Trinajstić information content (AvgIpc) is 2.89. The van der Waals surface area contributed by atoms with E-state index in [0.29, 0.717) is 18.9 Å². The van der Waals surface area contributed by atoms with Gasteiger partial charge in [0, 0.05) is 39.8 Å². The molecule has 1 aliphatic rings. The predicted octanol–water partition coefficient (Wildman–Crippen LogP) is 6.15. The Labute approximate surface area is 224 Å². The van der Waals surface area contributed by atoms with Gasteiger partial charge in [-0.15, -0.1) is 0 Å². The van der Waals surface area contributed by atoms with Gasteiger partial charge in [-0.25, -0.2) is 4.98 Å². The molecule has 2 heterocycles. The molecule has 1 saturated heterocycles. The quantitative estimate of drug-likeness (QED) is 0.345. The summed E-state index contributed by atoms with van der Waals surface area (Å²) in [7, 11) is 1.80. The topological polar surface area (TPSA) is 77.7 Å². The van der Waals surface area contributed by atoms with Crippen LogP contribution in [-0.2, 0) is 16.0 Å². The number of unbranched alkanes of at least 4 members (excludes halogenated alkanes) is 2. The summed E-state index contributed by atoms with van der Waals surface area (Å²) in [6.07, 6.45) is 7.90. The molecule has 7 nitrogen and oxygen atoms in total. The molecule has 1 unspecified atom stereocenters. The highest BCUT2D eigenvalue weighted by Gasteiger charge is 2.15. The van der Waals surface area contributed by atoms with Crippen molar-refractivity contribution in [3.05, 3.63) is 36.0 Å². The molecule has 0 spiro atoms. The zero-order valence-corrected chi connectivity index (χ0v) is 23.9. The van der Waals surface area contributed by atoms with E-state index in [4.69, 9.17) is 14.5 Å². The Morgan fingerprint density at radius 3 is 2.73 bits per heavy atom. The summed E-state index contributed by atoms with van der Waals surface area (Å²) in [5.41, 5.74) is 4.55. The van der Waals surface area contributed by atoms with Crippen molar-refractivity contribution < 1.29 is 15.7 Å². The lowest BCUT2D eigenvalue weighted by Gasteiger charge is -2.22. The first-order valence-electron chi connectivity index (χ1n) is 14.0. The van der Waals surface area contributed by atoms with E-state index < -0.39 is 0 Å². The van der Waals surface area contributed by atoms with Gasteiger partial charge in [-0.05, 0) is 63.5 Å². The number of allylic oxidation sites excluding steroid dienone is 1. The van der Waals surface area contributed by atoms with Crippen molar-refractivity contribution in [2.45, 2.75) is 92.1 Å². The number of carbonyl (C=O) groups excluding carboxylic acids is 1. The van der Waals surface area contributed by atoms with Gasteiger partial charge >= 0.3 is 0 Å². The number of amides is 1. The van der Waals surface area contributed by atoms with Crippen LogP contribution in [0.1, 0.15) is 86.7 Å². The van der Waals surface area contributed by atoms with Crippen LogP contribution < -0.4 is 15.5 Å². The fourth-order valence-electron chi connectivity index (χ4n) is 4.49. The first-order chi connectivity index (χ1) is 17.9. The Hall–Kier alpha value is -2.67. The van der Waals surface area contributed by atoms with Crippen LogP contribution in [0.3, 0.4) is 0 Å². The molecule has 1 aromatic heterocycles. The molecule has 1 aliphatic heterocycles. The van der Waals surface area contributed by atoms with E-state index in [1.54, 1.807) is 7.05 Å². The van der Waals surface area contributed by atoms with Gasteiger partial charge < -0.3 is 14.8 Å². The molecule has 7 heteroatoms. The molecule has 208 valence electrons. The molecule has 1 atom stereocenters. The number of rotatable bonds is 12. The summed E-state index contributed by atoms with van der Waals surface area (Å²) in [5.74, 6) is 1.33. The molecular formula is C30H50N4O3. The van der Waals surface area contributed by atoms with E-state index in [1.165, 1.54) is 6.42 Å². The van der Waals surface area contributed by atoms with Crippen LogP contribution in [0, 0.1) is 5.92 Å². The van der Waals surface area contributed by atoms with E-state index in [0.717, 1.165) is 85.3 Å². The third-order valence-corrected chi connectivity index (χ3v) is 6.22. The molecule has 2 aromatic rings. The average molecular weight is 515 g/mol. The molecule has 1 N–H and O–H groups in total.